The maximum absolute atomic E-state index is 11.8. The monoisotopic (exact) mass is 450 g/mol. The van der Waals surface area contributed by atoms with Crippen LogP contribution in [0, 0.1) is 11.3 Å². The second-order valence-corrected chi connectivity index (χ2v) is 8.62. The third-order valence-corrected chi connectivity index (χ3v) is 7.39. The Labute approximate surface area is 163 Å². The Hall–Kier alpha value is 0.200. The average Bonchev–Trinajstić information content (AvgIpc) is 2.52. The van der Waals surface area contributed by atoms with Crippen molar-refractivity contribution in [2.75, 3.05) is 4.43 Å². The summed E-state index contributed by atoms with van der Waals surface area (Å²) in [5.41, 5.74) is -0.419. The van der Waals surface area contributed by atoms with E-state index in [2.05, 4.69) is 29.5 Å². The van der Waals surface area contributed by atoms with Gasteiger partial charge in [-0.2, -0.15) is 0 Å². The fourth-order valence-corrected chi connectivity index (χ4v) is 5.29. The lowest BCUT2D eigenvalue weighted by atomic mass is 9.64. The number of hydrogen-bond acceptors (Lipinski definition) is 1. The van der Waals surface area contributed by atoms with Crippen LogP contribution in [0.4, 0.5) is 0 Å². The summed E-state index contributed by atoms with van der Waals surface area (Å²) in [6.07, 6.45) is 20.5. The number of rotatable bonds is 16. The van der Waals surface area contributed by atoms with Crippen molar-refractivity contribution in [2.45, 2.75) is 110 Å². The zero-order valence-corrected chi connectivity index (χ0v) is 18.0. The molecular formula is C21H39IO2. The van der Waals surface area contributed by atoms with Gasteiger partial charge in [-0.1, -0.05) is 113 Å². The summed E-state index contributed by atoms with van der Waals surface area (Å²) in [5, 5.41) is 9.73. The standard InChI is InChI=1S/C21H39IO2/c1-2-3-4-5-6-7-8-9-10-11-12-13-17-21(18-22,20(23)24)19-15-14-16-19/h19H,2-18H2,1H3,(H,23,24). The molecule has 0 bridgehead atoms. The molecule has 1 fully saturated rings. The van der Waals surface area contributed by atoms with Gasteiger partial charge in [-0.05, 0) is 25.2 Å². The number of hydrogen-bond donors (Lipinski definition) is 1. The highest BCUT2D eigenvalue weighted by atomic mass is 127. The maximum atomic E-state index is 11.8. The molecule has 3 heteroatoms. The topological polar surface area (TPSA) is 37.3 Å². The third kappa shape index (κ3) is 7.61. The Bertz CT molecular complexity index is 328. The molecule has 142 valence electrons. The van der Waals surface area contributed by atoms with Crippen LogP contribution in [0.3, 0.4) is 0 Å². The van der Waals surface area contributed by atoms with E-state index >= 15 is 0 Å². The van der Waals surface area contributed by atoms with Crippen molar-refractivity contribution in [2.24, 2.45) is 11.3 Å². The SMILES string of the molecule is CCCCCCCCCCCCCCC(CI)(C(=O)O)C1CCC1. The maximum Gasteiger partial charge on any atom is 0.310 e. The average molecular weight is 450 g/mol. The van der Waals surface area contributed by atoms with Gasteiger partial charge in [-0.25, -0.2) is 0 Å². The van der Waals surface area contributed by atoms with Crippen molar-refractivity contribution in [3.8, 4) is 0 Å². The molecule has 1 aliphatic rings. The van der Waals surface area contributed by atoms with Crippen LogP contribution in [0.15, 0.2) is 0 Å². The van der Waals surface area contributed by atoms with Gasteiger partial charge in [0.1, 0.15) is 0 Å². The highest BCUT2D eigenvalue weighted by Gasteiger charge is 2.46. The normalized spacial score (nSPS) is 17.4. The zero-order chi connectivity index (χ0) is 17.7. The van der Waals surface area contributed by atoms with Gasteiger partial charge in [0, 0.05) is 4.43 Å². The first-order valence-electron chi connectivity index (χ1n) is 10.5. The lowest BCUT2D eigenvalue weighted by molar-refractivity contribution is -0.153. The van der Waals surface area contributed by atoms with Gasteiger partial charge in [-0.3, -0.25) is 4.79 Å². The van der Waals surface area contributed by atoms with Crippen molar-refractivity contribution in [3.63, 3.8) is 0 Å². The fraction of sp³-hybridized carbons (Fsp3) is 0.952. The Kier molecular flexibility index (Phi) is 12.4. The molecule has 0 saturated heterocycles. The fourth-order valence-electron chi connectivity index (χ4n) is 3.96. The molecule has 1 saturated carbocycles. The van der Waals surface area contributed by atoms with Gasteiger partial charge in [0.2, 0.25) is 0 Å². The van der Waals surface area contributed by atoms with E-state index in [9.17, 15) is 9.90 Å². The summed E-state index contributed by atoms with van der Waals surface area (Å²) in [5.74, 6) is -0.0933. The summed E-state index contributed by atoms with van der Waals surface area (Å²) in [6.45, 7) is 2.27. The molecule has 0 aliphatic heterocycles. The molecule has 1 N–H and O–H groups in total. The molecule has 1 atom stereocenters. The Balaban J connectivity index is 2.01. The van der Waals surface area contributed by atoms with Crippen LogP contribution in [0.25, 0.3) is 0 Å². The molecule has 1 unspecified atom stereocenters. The summed E-state index contributed by atoms with van der Waals surface area (Å²) < 4.78 is 0.781. The van der Waals surface area contributed by atoms with Gasteiger partial charge in [0.25, 0.3) is 0 Å². The van der Waals surface area contributed by atoms with Gasteiger partial charge in [0.15, 0.2) is 0 Å². The van der Waals surface area contributed by atoms with E-state index in [1.165, 1.54) is 77.0 Å². The number of halogens is 1. The molecule has 0 heterocycles. The lowest BCUT2D eigenvalue weighted by Crippen LogP contribution is -2.43. The molecule has 0 aromatic carbocycles. The number of alkyl halides is 1. The van der Waals surface area contributed by atoms with Crippen LogP contribution < -0.4 is 0 Å². The first-order chi connectivity index (χ1) is 11.7. The highest BCUT2D eigenvalue weighted by Crippen LogP contribution is 2.47. The van der Waals surface area contributed by atoms with E-state index in [0.717, 1.165) is 30.1 Å². The minimum absolute atomic E-state index is 0.419. The largest absolute Gasteiger partial charge is 0.481 e. The summed E-state index contributed by atoms with van der Waals surface area (Å²) in [6, 6.07) is 0. The molecule has 0 spiro atoms. The second kappa shape index (κ2) is 13.4. The molecule has 24 heavy (non-hydrogen) atoms. The molecular weight excluding hydrogens is 411 g/mol. The summed E-state index contributed by atoms with van der Waals surface area (Å²) in [7, 11) is 0. The molecule has 1 aliphatic carbocycles. The van der Waals surface area contributed by atoms with E-state index in [-0.39, 0.29) is 0 Å². The Morgan fingerprint density at radius 2 is 1.38 bits per heavy atom. The minimum atomic E-state index is -0.537. The predicted octanol–water partition coefficient (Wildman–Crippen LogP) is 7.38. The zero-order valence-electron chi connectivity index (χ0n) is 15.8. The quantitative estimate of drug-likeness (QED) is 0.151. The molecule has 0 radical (unpaired) electrons. The molecule has 2 nitrogen and oxygen atoms in total. The van der Waals surface area contributed by atoms with E-state index in [0.29, 0.717) is 5.92 Å². The van der Waals surface area contributed by atoms with E-state index in [4.69, 9.17) is 0 Å². The summed E-state index contributed by atoms with van der Waals surface area (Å²) in [4.78, 5) is 11.8. The van der Waals surface area contributed by atoms with Gasteiger partial charge in [-0.15, -0.1) is 0 Å². The first-order valence-corrected chi connectivity index (χ1v) is 12.0. The van der Waals surface area contributed by atoms with Crippen molar-refractivity contribution >= 4 is 28.6 Å². The number of carboxylic acids is 1. The molecule has 0 aromatic rings. The van der Waals surface area contributed by atoms with Crippen LogP contribution in [0.5, 0.6) is 0 Å². The van der Waals surface area contributed by atoms with Crippen molar-refractivity contribution in [1.82, 2.24) is 0 Å². The highest BCUT2D eigenvalue weighted by molar-refractivity contribution is 14.1. The van der Waals surface area contributed by atoms with E-state index < -0.39 is 11.4 Å². The van der Waals surface area contributed by atoms with Crippen LogP contribution in [0.2, 0.25) is 0 Å². The van der Waals surface area contributed by atoms with Crippen molar-refractivity contribution in [3.05, 3.63) is 0 Å². The van der Waals surface area contributed by atoms with Crippen molar-refractivity contribution < 1.29 is 9.90 Å². The van der Waals surface area contributed by atoms with E-state index in [1.807, 2.05) is 0 Å². The molecule has 1 rings (SSSR count). The second-order valence-electron chi connectivity index (χ2n) is 7.86. The number of unbranched alkanes of at least 4 members (excludes halogenated alkanes) is 11. The molecule has 0 amide bonds. The minimum Gasteiger partial charge on any atom is -0.481 e. The van der Waals surface area contributed by atoms with Crippen LogP contribution in [-0.4, -0.2) is 15.5 Å². The number of aliphatic carboxylic acids is 1. The third-order valence-electron chi connectivity index (χ3n) is 6.03. The van der Waals surface area contributed by atoms with Crippen molar-refractivity contribution in [1.29, 1.82) is 0 Å². The van der Waals surface area contributed by atoms with Gasteiger partial charge in [0.05, 0.1) is 5.41 Å². The lowest BCUT2D eigenvalue weighted by Gasteiger charge is -2.41. The van der Waals surface area contributed by atoms with Gasteiger partial charge >= 0.3 is 5.97 Å². The predicted molar refractivity (Wildman–Crippen MR) is 112 cm³/mol. The first kappa shape index (κ1) is 22.2. The van der Waals surface area contributed by atoms with E-state index in [1.54, 1.807) is 0 Å². The van der Waals surface area contributed by atoms with Crippen LogP contribution in [0.1, 0.15) is 110 Å². The van der Waals surface area contributed by atoms with Crippen LogP contribution in [-0.2, 0) is 4.79 Å². The number of carbonyl (C=O) groups is 1. The smallest absolute Gasteiger partial charge is 0.310 e. The molecule has 0 aromatic heterocycles. The number of carboxylic acid groups (broad SMARTS) is 1. The Morgan fingerprint density at radius 3 is 1.71 bits per heavy atom. The van der Waals surface area contributed by atoms with Crippen LogP contribution >= 0.6 is 22.6 Å². The summed E-state index contributed by atoms with van der Waals surface area (Å²) >= 11 is 2.30. The Morgan fingerprint density at radius 1 is 0.917 bits per heavy atom. The van der Waals surface area contributed by atoms with Gasteiger partial charge < -0.3 is 5.11 Å².